The zero-order valence-corrected chi connectivity index (χ0v) is 7.95. The molecular formula is C7H22N6. The molecule has 0 spiro atoms. The molecule has 0 aromatic carbocycles. The van der Waals surface area contributed by atoms with Gasteiger partial charge in [0, 0.05) is 0 Å². The Morgan fingerprint density at radius 2 is 1.08 bits per heavy atom. The van der Waals surface area contributed by atoms with Crippen LogP contribution in [0.4, 0.5) is 0 Å². The predicted molar refractivity (Wildman–Crippen MR) is 53.9 cm³/mol. The molecule has 0 aliphatic rings. The van der Waals surface area contributed by atoms with Gasteiger partial charge in [0.25, 0.3) is 0 Å². The lowest BCUT2D eigenvalue weighted by Gasteiger charge is -2.26. The Balaban J connectivity index is 3.66. The van der Waals surface area contributed by atoms with Crippen LogP contribution >= 0.6 is 0 Å². The van der Waals surface area contributed by atoms with Crippen LogP contribution in [0.3, 0.4) is 0 Å². The summed E-state index contributed by atoms with van der Waals surface area (Å²) < 4.78 is 0. The Morgan fingerprint density at radius 3 is 1.31 bits per heavy atom. The number of nitrogens with two attached hydrogens (primary N) is 6. The van der Waals surface area contributed by atoms with E-state index in [0.29, 0.717) is 25.7 Å². The third kappa shape index (κ3) is 8.10. The summed E-state index contributed by atoms with van der Waals surface area (Å²) in [4.78, 5) is 0. The standard InChI is InChI=1S/C7H22N6/c8-5(9)1-3-7(12,13)4-2-6(10)11/h5-6H,1-4,8-13H2. The summed E-state index contributed by atoms with van der Waals surface area (Å²) in [6.07, 6.45) is 1.64. The Bertz CT molecular complexity index is 119. The van der Waals surface area contributed by atoms with Crippen LogP contribution in [0.1, 0.15) is 25.7 Å². The fourth-order valence-electron chi connectivity index (χ4n) is 0.996. The highest BCUT2D eigenvalue weighted by atomic mass is 15.0. The second-order valence-electron chi connectivity index (χ2n) is 3.64. The number of rotatable bonds is 6. The van der Waals surface area contributed by atoms with Crippen LogP contribution in [0.5, 0.6) is 0 Å². The van der Waals surface area contributed by atoms with Gasteiger partial charge in [0.05, 0.1) is 18.0 Å². The summed E-state index contributed by atoms with van der Waals surface area (Å²) >= 11 is 0. The minimum absolute atomic E-state index is 0.363. The molecule has 0 saturated heterocycles. The lowest BCUT2D eigenvalue weighted by atomic mass is 9.98. The van der Waals surface area contributed by atoms with Gasteiger partial charge in [-0.15, -0.1) is 0 Å². The molecule has 0 unspecified atom stereocenters. The molecule has 6 nitrogen and oxygen atoms in total. The molecule has 80 valence electrons. The highest BCUT2D eigenvalue weighted by Crippen LogP contribution is 2.10. The zero-order chi connectivity index (χ0) is 10.5. The molecule has 0 aromatic rings. The van der Waals surface area contributed by atoms with Gasteiger partial charge in [-0.25, -0.2) is 0 Å². The smallest absolute Gasteiger partial charge is 0.0638 e. The van der Waals surface area contributed by atoms with E-state index in [1.807, 2.05) is 0 Å². The highest BCUT2D eigenvalue weighted by Gasteiger charge is 2.19. The summed E-state index contributed by atoms with van der Waals surface area (Å²) in [6.45, 7) is 0. The second-order valence-corrected chi connectivity index (χ2v) is 3.64. The fraction of sp³-hybridized carbons (Fsp3) is 1.00. The second kappa shape index (κ2) is 5.48. The van der Waals surface area contributed by atoms with Gasteiger partial charge in [-0.3, -0.25) is 0 Å². The van der Waals surface area contributed by atoms with Crippen molar-refractivity contribution >= 4 is 0 Å². The van der Waals surface area contributed by atoms with E-state index in [1.54, 1.807) is 0 Å². The molecule has 6 heteroatoms. The first-order valence-electron chi connectivity index (χ1n) is 4.43. The van der Waals surface area contributed by atoms with Crippen LogP contribution in [0.25, 0.3) is 0 Å². The van der Waals surface area contributed by atoms with Gasteiger partial charge in [0.1, 0.15) is 0 Å². The lowest BCUT2D eigenvalue weighted by Crippen LogP contribution is -2.52. The first-order valence-corrected chi connectivity index (χ1v) is 4.43. The van der Waals surface area contributed by atoms with Crippen molar-refractivity contribution in [2.75, 3.05) is 0 Å². The largest absolute Gasteiger partial charge is 0.316 e. The third-order valence-electron chi connectivity index (χ3n) is 1.89. The minimum Gasteiger partial charge on any atom is -0.316 e. The number of hydrogen-bond donors (Lipinski definition) is 6. The van der Waals surface area contributed by atoms with Crippen molar-refractivity contribution in [3.63, 3.8) is 0 Å². The predicted octanol–water partition coefficient (Wildman–Crippen LogP) is -2.35. The molecule has 13 heavy (non-hydrogen) atoms. The molecule has 0 aromatic heterocycles. The first kappa shape index (κ1) is 12.8. The maximum atomic E-state index is 5.77. The molecule has 0 amide bonds. The Kier molecular flexibility index (Phi) is 5.38. The van der Waals surface area contributed by atoms with Crippen molar-refractivity contribution in [2.45, 2.75) is 43.7 Å². The van der Waals surface area contributed by atoms with Crippen LogP contribution in [0, 0.1) is 0 Å². The summed E-state index contributed by atoms with van der Waals surface area (Å²) in [6, 6.07) is 0. The van der Waals surface area contributed by atoms with Gasteiger partial charge in [0.2, 0.25) is 0 Å². The minimum atomic E-state index is -0.756. The van der Waals surface area contributed by atoms with Crippen LogP contribution in [-0.4, -0.2) is 18.0 Å². The van der Waals surface area contributed by atoms with Crippen molar-refractivity contribution in [2.24, 2.45) is 34.4 Å². The average Bonchev–Trinajstić information content (AvgIpc) is 1.98. The summed E-state index contributed by atoms with van der Waals surface area (Å²) in [5.41, 5.74) is 32.3. The molecule has 0 aliphatic heterocycles. The summed E-state index contributed by atoms with van der Waals surface area (Å²) in [5.74, 6) is 0. The molecule has 0 rings (SSSR count). The van der Waals surface area contributed by atoms with Gasteiger partial charge < -0.3 is 34.4 Å². The van der Waals surface area contributed by atoms with E-state index in [2.05, 4.69) is 0 Å². The van der Waals surface area contributed by atoms with Crippen molar-refractivity contribution in [1.82, 2.24) is 0 Å². The highest BCUT2D eigenvalue weighted by molar-refractivity contribution is 4.78. The molecule has 0 atom stereocenters. The Labute approximate surface area is 79.0 Å². The Hall–Kier alpha value is -0.240. The maximum absolute atomic E-state index is 5.77. The molecule has 12 N–H and O–H groups in total. The summed E-state index contributed by atoms with van der Waals surface area (Å²) in [5, 5.41) is 0. The average molecular weight is 190 g/mol. The molecule has 0 bridgehead atoms. The van der Waals surface area contributed by atoms with Crippen LogP contribution in [0.15, 0.2) is 0 Å². The van der Waals surface area contributed by atoms with E-state index in [0.717, 1.165) is 0 Å². The van der Waals surface area contributed by atoms with E-state index in [4.69, 9.17) is 34.4 Å². The molecule has 0 heterocycles. The molecular weight excluding hydrogens is 168 g/mol. The van der Waals surface area contributed by atoms with E-state index < -0.39 is 5.66 Å². The topological polar surface area (TPSA) is 156 Å². The maximum Gasteiger partial charge on any atom is 0.0638 e. The van der Waals surface area contributed by atoms with Crippen LogP contribution in [0.2, 0.25) is 0 Å². The number of hydrogen-bond acceptors (Lipinski definition) is 6. The van der Waals surface area contributed by atoms with Gasteiger partial charge in [-0.05, 0) is 25.7 Å². The van der Waals surface area contributed by atoms with E-state index in [-0.39, 0.29) is 12.3 Å². The van der Waals surface area contributed by atoms with Crippen molar-refractivity contribution < 1.29 is 0 Å². The SMILES string of the molecule is NC(N)CCC(N)(N)CCC(N)N. The first-order chi connectivity index (χ1) is 5.83. The van der Waals surface area contributed by atoms with Gasteiger partial charge >= 0.3 is 0 Å². The normalized spacial score (nSPS) is 12.9. The molecule has 0 saturated carbocycles. The van der Waals surface area contributed by atoms with Crippen LogP contribution < -0.4 is 34.4 Å². The van der Waals surface area contributed by atoms with E-state index >= 15 is 0 Å². The monoisotopic (exact) mass is 190 g/mol. The van der Waals surface area contributed by atoms with E-state index in [9.17, 15) is 0 Å². The van der Waals surface area contributed by atoms with Crippen molar-refractivity contribution in [3.8, 4) is 0 Å². The zero-order valence-electron chi connectivity index (χ0n) is 7.95. The fourth-order valence-corrected chi connectivity index (χ4v) is 0.996. The molecule has 0 aliphatic carbocycles. The lowest BCUT2D eigenvalue weighted by molar-refractivity contribution is 0.335. The van der Waals surface area contributed by atoms with Crippen molar-refractivity contribution in [1.29, 1.82) is 0 Å². The third-order valence-corrected chi connectivity index (χ3v) is 1.89. The molecule has 0 fully saturated rings. The Morgan fingerprint density at radius 1 is 0.769 bits per heavy atom. The van der Waals surface area contributed by atoms with Crippen molar-refractivity contribution in [3.05, 3.63) is 0 Å². The van der Waals surface area contributed by atoms with Gasteiger partial charge in [-0.1, -0.05) is 0 Å². The van der Waals surface area contributed by atoms with Gasteiger partial charge in [-0.2, -0.15) is 0 Å². The molecule has 0 radical (unpaired) electrons. The van der Waals surface area contributed by atoms with Gasteiger partial charge in [0.15, 0.2) is 0 Å². The quantitative estimate of drug-likeness (QED) is 0.257. The van der Waals surface area contributed by atoms with E-state index in [1.165, 1.54) is 0 Å². The summed E-state index contributed by atoms with van der Waals surface area (Å²) in [7, 11) is 0. The van der Waals surface area contributed by atoms with Crippen LogP contribution in [-0.2, 0) is 0 Å².